The molecule has 0 aromatic heterocycles. The van der Waals surface area contributed by atoms with Crippen molar-refractivity contribution < 1.29 is 9.59 Å². The van der Waals surface area contributed by atoms with Crippen LogP contribution in [0.25, 0.3) is 0 Å². The second kappa shape index (κ2) is 4.13. The molecule has 0 bridgehead atoms. The lowest BCUT2D eigenvalue weighted by atomic mass is 10.1. The number of amides is 2. The largest absolute Gasteiger partial charge is 0.289 e. The number of imide groups is 1. The summed E-state index contributed by atoms with van der Waals surface area (Å²) in [7, 11) is 0. The highest BCUT2D eigenvalue weighted by Crippen LogP contribution is 2.14. The van der Waals surface area contributed by atoms with Crippen LogP contribution in [-0.4, -0.2) is 16.8 Å². The van der Waals surface area contributed by atoms with Crippen LogP contribution >= 0.6 is 0 Å². The second-order valence-corrected chi connectivity index (χ2v) is 3.45. The molecule has 78 valence electrons. The number of piperidine rings is 1. The third kappa shape index (κ3) is 2.15. The molecule has 0 saturated carbocycles. The van der Waals surface area contributed by atoms with E-state index in [1.807, 2.05) is 30.3 Å². The minimum absolute atomic E-state index is 0.157. The van der Waals surface area contributed by atoms with Gasteiger partial charge in [0.05, 0.1) is 5.69 Å². The minimum atomic E-state index is -0.157. The number of hydrogen-bond donors (Lipinski definition) is 1. The van der Waals surface area contributed by atoms with Gasteiger partial charge in [0.2, 0.25) is 11.8 Å². The predicted molar refractivity (Wildman–Crippen MR) is 55.8 cm³/mol. The zero-order chi connectivity index (χ0) is 10.7. The molecule has 0 unspecified atom stereocenters. The number of para-hydroxylation sites is 1. The van der Waals surface area contributed by atoms with E-state index >= 15 is 0 Å². The first kappa shape index (κ1) is 9.71. The van der Waals surface area contributed by atoms with Gasteiger partial charge in [-0.2, -0.15) is 5.01 Å². The van der Waals surface area contributed by atoms with Crippen LogP contribution in [0.5, 0.6) is 0 Å². The maximum atomic E-state index is 11.5. The van der Waals surface area contributed by atoms with Gasteiger partial charge >= 0.3 is 0 Å². The van der Waals surface area contributed by atoms with Gasteiger partial charge in [0.1, 0.15) is 0 Å². The van der Waals surface area contributed by atoms with Crippen LogP contribution in [0.15, 0.2) is 30.3 Å². The summed E-state index contributed by atoms with van der Waals surface area (Å²) in [6.45, 7) is 0. The predicted octanol–water partition coefficient (Wildman–Crippen LogP) is 1.55. The molecule has 1 aliphatic heterocycles. The molecule has 2 amide bonds. The monoisotopic (exact) mass is 204 g/mol. The first-order valence-corrected chi connectivity index (χ1v) is 4.95. The van der Waals surface area contributed by atoms with Crippen LogP contribution in [0, 0.1) is 0 Å². The number of rotatable bonds is 2. The van der Waals surface area contributed by atoms with Gasteiger partial charge in [-0.3, -0.25) is 15.0 Å². The van der Waals surface area contributed by atoms with Crippen molar-refractivity contribution >= 4 is 17.5 Å². The van der Waals surface area contributed by atoms with E-state index in [9.17, 15) is 9.59 Å². The van der Waals surface area contributed by atoms with Crippen molar-refractivity contribution in [1.82, 2.24) is 5.01 Å². The molecule has 4 heteroatoms. The lowest BCUT2D eigenvalue weighted by molar-refractivity contribution is -0.146. The molecule has 0 radical (unpaired) electrons. The summed E-state index contributed by atoms with van der Waals surface area (Å²) in [5.41, 5.74) is 3.57. The van der Waals surface area contributed by atoms with Crippen molar-refractivity contribution in [2.24, 2.45) is 0 Å². The molecule has 1 aromatic rings. The fourth-order valence-corrected chi connectivity index (χ4v) is 1.52. The number of hydrogen-bond acceptors (Lipinski definition) is 3. The number of nitrogens with one attached hydrogen (secondary N) is 1. The minimum Gasteiger partial charge on any atom is -0.289 e. The Morgan fingerprint density at radius 2 is 1.60 bits per heavy atom. The zero-order valence-electron chi connectivity index (χ0n) is 8.27. The molecular formula is C11H12N2O2. The highest BCUT2D eigenvalue weighted by molar-refractivity contribution is 5.98. The average molecular weight is 204 g/mol. The summed E-state index contributed by atoms with van der Waals surface area (Å²) < 4.78 is 0. The Labute approximate surface area is 87.9 Å². The summed E-state index contributed by atoms with van der Waals surface area (Å²) in [4.78, 5) is 22.9. The first-order valence-electron chi connectivity index (χ1n) is 4.95. The van der Waals surface area contributed by atoms with Crippen LogP contribution in [0.3, 0.4) is 0 Å². The first-order chi connectivity index (χ1) is 7.27. The molecule has 15 heavy (non-hydrogen) atoms. The quantitative estimate of drug-likeness (QED) is 0.743. The van der Waals surface area contributed by atoms with Crippen molar-refractivity contribution in [2.45, 2.75) is 19.3 Å². The molecular weight excluding hydrogens is 192 g/mol. The van der Waals surface area contributed by atoms with Gasteiger partial charge in [0, 0.05) is 12.8 Å². The topological polar surface area (TPSA) is 49.4 Å². The van der Waals surface area contributed by atoms with E-state index in [-0.39, 0.29) is 11.8 Å². The smallest absolute Gasteiger partial charge is 0.248 e. The lowest BCUT2D eigenvalue weighted by Gasteiger charge is -2.25. The third-order valence-electron chi connectivity index (χ3n) is 2.29. The molecule has 4 nitrogen and oxygen atoms in total. The van der Waals surface area contributed by atoms with Gasteiger partial charge in [-0.25, -0.2) is 0 Å². The maximum absolute atomic E-state index is 11.5. The van der Waals surface area contributed by atoms with Gasteiger partial charge in [-0.1, -0.05) is 18.2 Å². The van der Waals surface area contributed by atoms with Gasteiger partial charge < -0.3 is 0 Å². The Morgan fingerprint density at radius 3 is 2.20 bits per heavy atom. The summed E-state index contributed by atoms with van der Waals surface area (Å²) in [6, 6.07) is 9.21. The fourth-order valence-electron chi connectivity index (χ4n) is 1.52. The fraction of sp³-hybridized carbons (Fsp3) is 0.273. The molecule has 1 N–H and O–H groups in total. The highest BCUT2D eigenvalue weighted by Gasteiger charge is 2.25. The number of anilines is 1. The molecule has 0 aliphatic carbocycles. The van der Waals surface area contributed by atoms with Crippen LogP contribution in [-0.2, 0) is 9.59 Å². The Hall–Kier alpha value is -1.84. The highest BCUT2D eigenvalue weighted by atomic mass is 16.2. The number of hydrazine groups is 1. The van der Waals surface area contributed by atoms with Crippen molar-refractivity contribution in [3.63, 3.8) is 0 Å². The summed E-state index contributed by atoms with van der Waals surface area (Å²) >= 11 is 0. The van der Waals surface area contributed by atoms with Gasteiger partial charge in [0.25, 0.3) is 0 Å². The molecule has 1 heterocycles. The maximum Gasteiger partial charge on any atom is 0.248 e. The van der Waals surface area contributed by atoms with Gasteiger partial charge in [-0.05, 0) is 18.6 Å². The number of carbonyl (C=O) groups excluding carboxylic acids is 2. The van der Waals surface area contributed by atoms with E-state index in [0.29, 0.717) is 19.3 Å². The summed E-state index contributed by atoms with van der Waals surface area (Å²) in [5.74, 6) is -0.315. The van der Waals surface area contributed by atoms with Crippen molar-refractivity contribution in [3.8, 4) is 0 Å². The standard InChI is InChI=1S/C11H12N2O2/c14-10-7-4-8-11(15)13(10)12-9-5-2-1-3-6-9/h1-3,5-6,12H,4,7-8H2. The number of carbonyl (C=O) groups is 2. The van der Waals surface area contributed by atoms with Gasteiger partial charge in [-0.15, -0.1) is 0 Å². The van der Waals surface area contributed by atoms with E-state index in [4.69, 9.17) is 0 Å². The third-order valence-corrected chi connectivity index (χ3v) is 2.29. The molecule has 2 rings (SSSR count). The molecule has 1 fully saturated rings. The van der Waals surface area contributed by atoms with E-state index in [2.05, 4.69) is 5.43 Å². The molecule has 0 spiro atoms. The van der Waals surface area contributed by atoms with E-state index < -0.39 is 0 Å². The van der Waals surface area contributed by atoms with Crippen LogP contribution in [0.4, 0.5) is 5.69 Å². The Bertz CT molecular complexity index is 359. The van der Waals surface area contributed by atoms with E-state index in [1.165, 1.54) is 0 Å². The Balaban J connectivity index is 2.10. The van der Waals surface area contributed by atoms with Crippen molar-refractivity contribution in [2.75, 3.05) is 5.43 Å². The molecule has 1 aliphatic rings. The second-order valence-electron chi connectivity index (χ2n) is 3.45. The van der Waals surface area contributed by atoms with Crippen LogP contribution in [0.1, 0.15) is 19.3 Å². The Morgan fingerprint density at radius 1 is 1.00 bits per heavy atom. The van der Waals surface area contributed by atoms with Crippen molar-refractivity contribution in [3.05, 3.63) is 30.3 Å². The molecule has 1 aromatic carbocycles. The SMILES string of the molecule is O=C1CCCC(=O)N1Nc1ccccc1. The molecule has 1 saturated heterocycles. The summed E-state index contributed by atoms with van der Waals surface area (Å²) in [5, 5.41) is 1.11. The van der Waals surface area contributed by atoms with Gasteiger partial charge in [0.15, 0.2) is 0 Å². The van der Waals surface area contributed by atoms with Crippen LogP contribution < -0.4 is 5.43 Å². The van der Waals surface area contributed by atoms with Crippen LogP contribution in [0.2, 0.25) is 0 Å². The van der Waals surface area contributed by atoms with Crippen molar-refractivity contribution in [1.29, 1.82) is 0 Å². The van der Waals surface area contributed by atoms with E-state index in [1.54, 1.807) is 0 Å². The number of nitrogens with zero attached hydrogens (tertiary/aromatic N) is 1. The van der Waals surface area contributed by atoms with E-state index in [0.717, 1.165) is 10.7 Å². The lowest BCUT2D eigenvalue weighted by Crippen LogP contribution is -2.43. The summed E-state index contributed by atoms with van der Waals surface area (Å²) in [6.07, 6.45) is 1.53. The number of benzene rings is 1. The normalized spacial score (nSPS) is 16.7. The Kier molecular flexibility index (Phi) is 2.67. The average Bonchev–Trinajstić information content (AvgIpc) is 2.25. The zero-order valence-corrected chi connectivity index (χ0v) is 8.27. The molecule has 0 atom stereocenters.